The number of hydrogen-bond acceptors (Lipinski definition) is 4. The topological polar surface area (TPSA) is 59.8 Å². The Morgan fingerprint density at radius 3 is 2.89 bits per heavy atom. The van der Waals surface area contributed by atoms with Crippen LogP contribution in [0.15, 0.2) is 35.3 Å². The van der Waals surface area contributed by atoms with Crippen LogP contribution in [-0.2, 0) is 6.54 Å². The lowest BCUT2D eigenvalue weighted by Crippen LogP contribution is -2.20. The number of rotatable bonds is 5. The van der Waals surface area contributed by atoms with Crippen LogP contribution in [0.2, 0.25) is 0 Å². The SMILES string of the molecule is CCCNc1cc(C)nc(Cn2ccccc2=O)n1. The van der Waals surface area contributed by atoms with E-state index in [0.29, 0.717) is 12.4 Å². The second kappa shape index (κ2) is 6.13. The molecule has 1 N–H and O–H groups in total. The fourth-order valence-electron chi connectivity index (χ4n) is 1.79. The van der Waals surface area contributed by atoms with Gasteiger partial charge in [-0.3, -0.25) is 4.79 Å². The van der Waals surface area contributed by atoms with Crippen LogP contribution in [0.4, 0.5) is 5.82 Å². The van der Waals surface area contributed by atoms with Gasteiger partial charge in [-0.05, 0) is 19.4 Å². The molecular formula is C14H18N4O. The third-order valence-electron chi connectivity index (χ3n) is 2.67. The maximum absolute atomic E-state index is 11.7. The van der Waals surface area contributed by atoms with Crippen molar-refractivity contribution in [3.05, 3.63) is 52.3 Å². The van der Waals surface area contributed by atoms with Crippen molar-refractivity contribution in [2.75, 3.05) is 11.9 Å². The van der Waals surface area contributed by atoms with Crippen LogP contribution in [0.1, 0.15) is 24.9 Å². The third kappa shape index (κ3) is 3.64. The molecule has 0 spiro atoms. The number of anilines is 1. The maximum atomic E-state index is 11.7. The third-order valence-corrected chi connectivity index (χ3v) is 2.67. The zero-order chi connectivity index (χ0) is 13.7. The molecule has 0 aliphatic heterocycles. The van der Waals surface area contributed by atoms with E-state index < -0.39 is 0 Å². The Kier molecular flexibility index (Phi) is 4.28. The van der Waals surface area contributed by atoms with Gasteiger partial charge in [-0.25, -0.2) is 9.97 Å². The molecule has 0 bridgehead atoms. The van der Waals surface area contributed by atoms with Gasteiger partial charge >= 0.3 is 0 Å². The molecule has 0 radical (unpaired) electrons. The summed E-state index contributed by atoms with van der Waals surface area (Å²) in [5.74, 6) is 1.46. The first kappa shape index (κ1) is 13.3. The second-order valence-corrected chi connectivity index (χ2v) is 4.40. The largest absolute Gasteiger partial charge is 0.370 e. The van der Waals surface area contributed by atoms with E-state index in [1.165, 1.54) is 6.07 Å². The highest BCUT2D eigenvalue weighted by Gasteiger charge is 2.03. The van der Waals surface area contributed by atoms with E-state index in [9.17, 15) is 4.79 Å². The zero-order valence-corrected chi connectivity index (χ0v) is 11.3. The Morgan fingerprint density at radius 2 is 2.16 bits per heavy atom. The van der Waals surface area contributed by atoms with Crippen LogP contribution < -0.4 is 10.9 Å². The van der Waals surface area contributed by atoms with Crippen LogP contribution >= 0.6 is 0 Å². The number of aromatic nitrogens is 3. The highest BCUT2D eigenvalue weighted by atomic mass is 16.1. The van der Waals surface area contributed by atoms with Gasteiger partial charge in [0, 0.05) is 30.6 Å². The van der Waals surface area contributed by atoms with E-state index in [1.807, 2.05) is 19.1 Å². The molecule has 2 heterocycles. The van der Waals surface area contributed by atoms with Crippen LogP contribution in [0.5, 0.6) is 0 Å². The van der Waals surface area contributed by atoms with Crippen LogP contribution in [0.3, 0.4) is 0 Å². The van der Waals surface area contributed by atoms with E-state index in [1.54, 1.807) is 16.8 Å². The maximum Gasteiger partial charge on any atom is 0.250 e. The van der Waals surface area contributed by atoms with Gasteiger partial charge in [-0.15, -0.1) is 0 Å². The summed E-state index contributed by atoms with van der Waals surface area (Å²) >= 11 is 0. The molecule has 19 heavy (non-hydrogen) atoms. The van der Waals surface area contributed by atoms with Crippen molar-refractivity contribution in [2.24, 2.45) is 0 Å². The van der Waals surface area contributed by atoms with Crippen molar-refractivity contribution in [3.63, 3.8) is 0 Å². The zero-order valence-electron chi connectivity index (χ0n) is 11.3. The average Bonchev–Trinajstić information content (AvgIpc) is 2.38. The first-order valence-electron chi connectivity index (χ1n) is 6.43. The second-order valence-electron chi connectivity index (χ2n) is 4.40. The summed E-state index contributed by atoms with van der Waals surface area (Å²) in [5.41, 5.74) is 0.850. The van der Waals surface area contributed by atoms with E-state index in [2.05, 4.69) is 22.2 Å². The summed E-state index contributed by atoms with van der Waals surface area (Å²) in [6.07, 6.45) is 2.78. The van der Waals surface area contributed by atoms with Crippen molar-refractivity contribution in [1.82, 2.24) is 14.5 Å². The van der Waals surface area contributed by atoms with Crippen LogP contribution in [0, 0.1) is 6.92 Å². The molecule has 0 aromatic carbocycles. The Balaban J connectivity index is 2.23. The number of nitrogens with zero attached hydrogens (tertiary/aromatic N) is 3. The summed E-state index contributed by atoms with van der Waals surface area (Å²) in [6, 6.07) is 7.00. The van der Waals surface area contributed by atoms with Gasteiger partial charge in [0.25, 0.3) is 5.56 Å². The summed E-state index contributed by atoms with van der Waals surface area (Å²) in [5, 5.41) is 3.24. The van der Waals surface area contributed by atoms with Gasteiger partial charge in [-0.2, -0.15) is 0 Å². The van der Waals surface area contributed by atoms with Crippen molar-refractivity contribution < 1.29 is 0 Å². The van der Waals surface area contributed by atoms with E-state index in [-0.39, 0.29) is 5.56 Å². The molecule has 0 aliphatic carbocycles. The van der Waals surface area contributed by atoms with Crippen molar-refractivity contribution >= 4 is 5.82 Å². The van der Waals surface area contributed by atoms with Crippen molar-refractivity contribution in [2.45, 2.75) is 26.8 Å². The molecule has 2 aromatic heterocycles. The summed E-state index contributed by atoms with van der Waals surface area (Å²) < 4.78 is 1.60. The predicted molar refractivity (Wildman–Crippen MR) is 75.4 cm³/mol. The van der Waals surface area contributed by atoms with Gasteiger partial charge in [0.2, 0.25) is 0 Å². The molecule has 0 atom stereocenters. The Labute approximate surface area is 112 Å². The lowest BCUT2D eigenvalue weighted by Gasteiger charge is -2.08. The van der Waals surface area contributed by atoms with Crippen molar-refractivity contribution in [1.29, 1.82) is 0 Å². The van der Waals surface area contributed by atoms with Gasteiger partial charge in [0.05, 0.1) is 6.54 Å². The molecule has 0 fully saturated rings. The molecule has 0 saturated carbocycles. The molecule has 2 rings (SSSR count). The van der Waals surface area contributed by atoms with E-state index >= 15 is 0 Å². The number of hydrogen-bond donors (Lipinski definition) is 1. The van der Waals surface area contributed by atoms with E-state index in [4.69, 9.17) is 0 Å². The molecule has 0 unspecified atom stereocenters. The van der Waals surface area contributed by atoms with E-state index in [0.717, 1.165) is 24.5 Å². The molecule has 0 aliphatic rings. The van der Waals surface area contributed by atoms with Gasteiger partial charge < -0.3 is 9.88 Å². The van der Waals surface area contributed by atoms with Gasteiger partial charge in [-0.1, -0.05) is 13.0 Å². The molecule has 5 nitrogen and oxygen atoms in total. The van der Waals surface area contributed by atoms with Gasteiger partial charge in [0.15, 0.2) is 5.82 Å². The fraction of sp³-hybridized carbons (Fsp3) is 0.357. The summed E-state index contributed by atoms with van der Waals surface area (Å²) in [7, 11) is 0. The first-order valence-corrected chi connectivity index (χ1v) is 6.43. The minimum Gasteiger partial charge on any atom is -0.370 e. The Morgan fingerprint density at radius 1 is 1.32 bits per heavy atom. The minimum absolute atomic E-state index is 0.0457. The fourth-order valence-corrected chi connectivity index (χ4v) is 1.79. The molecular weight excluding hydrogens is 240 g/mol. The number of pyridine rings is 1. The molecule has 0 saturated heterocycles. The lowest BCUT2D eigenvalue weighted by atomic mass is 10.4. The molecule has 0 amide bonds. The standard InChI is InChI=1S/C14H18N4O/c1-3-7-15-12-9-11(2)16-13(17-12)10-18-8-5-4-6-14(18)19/h4-6,8-9H,3,7,10H2,1-2H3,(H,15,16,17). The van der Waals surface area contributed by atoms with Crippen LogP contribution in [0.25, 0.3) is 0 Å². The van der Waals surface area contributed by atoms with Gasteiger partial charge in [0.1, 0.15) is 5.82 Å². The lowest BCUT2D eigenvalue weighted by molar-refractivity contribution is 0.711. The quantitative estimate of drug-likeness (QED) is 0.888. The smallest absolute Gasteiger partial charge is 0.250 e. The highest BCUT2D eigenvalue weighted by Crippen LogP contribution is 2.07. The predicted octanol–water partition coefficient (Wildman–Crippen LogP) is 1.82. The summed E-state index contributed by atoms with van der Waals surface area (Å²) in [6.45, 7) is 5.30. The minimum atomic E-state index is -0.0457. The average molecular weight is 258 g/mol. The Hall–Kier alpha value is -2.17. The monoisotopic (exact) mass is 258 g/mol. The van der Waals surface area contributed by atoms with Crippen molar-refractivity contribution in [3.8, 4) is 0 Å². The number of nitrogens with one attached hydrogen (secondary N) is 1. The first-order chi connectivity index (χ1) is 9.19. The highest BCUT2D eigenvalue weighted by molar-refractivity contribution is 5.35. The molecule has 5 heteroatoms. The number of aryl methyl sites for hydroxylation is 1. The normalized spacial score (nSPS) is 10.4. The van der Waals surface area contributed by atoms with Crippen LogP contribution in [-0.4, -0.2) is 21.1 Å². The molecule has 100 valence electrons. The molecule has 2 aromatic rings. The Bertz CT molecular complexity index is 606. The summed E-state index contributed by atoms with van der Waals surface area (Å²) in [4.78, 5) is 20.5.